The highest BCUT2D eigenvalue weighted by Crippen LogP contribution is 2.37. The lowest BCUT2D eigenvalue weighted by atomic mass is 10.2. The highest BCUT2D eigenvalue weighted by molar-refractivity contribution is 7.98. The summed E-state index contributed by atoms with van der Waals surface area (Å²) >= 11 is 1.58. The predicted octanol–water partition coefficient (Wildman–Crippen LogP) is 1.79. The zero-order valence-electron chi connectivity index (χ0n) is 9.03. The molecule has 0 spiro atoms. The van der Waals surface area contributed by atoms with Gasteiger partial charge in [0.1, 0.15) is 18.2 Å². The number of aliphatic hydroxyl groups is 1. The van der Waals surface area contributed by atoms with E-state index in [2.05, 4.69) is 5.32 Å². The summed E-state index contributed by atoms with van der Waals surface area (Å²) in [6, 6.07) is 3.68. The van der Waals surface area contributed by atoms with Gasteiger partial charge in [0.2, 0.25) is 0 Å². The van der Waals surface area contributed by atoms with E-state index in [-0.39, 0.29) is 6.73 Å². The van der Waals surface area contributed by atoms with Crippen LogP contribution in [-0.2, 0) is 0 Å². The lowest BCUT2D eigenvalue weighted by Crippen LogP contribution is -2.02. The summed E-state index contributed by atoms with van der Waals surface area (Å²) in [6.07, 6.45) is 1.97. The van der Waals surface area contributed by atoms with Crippen LogP contribution in [0.15, 0.2) is 17.0 Å². The van der Waals surface area contributed by atoms with Crippen LogP contribution in [0, 0.1) is 0 Å². The summed E-state index contributed by atoms with van der Waals surface area (Å²) in [5.74, 6) is 1.45. The van der Waals surface area contributed by atoms with Crippen molar-refractivity contribution in [2.75, 3.05) is 32.5 Å². The summed E-state index contributed by atoms with van der Waals surface area (Å²) in [7, 11) is 3.21. The van der Waals surface area contributed by atoms with Crippen LogP contribution < -0.4 is 14.8 Å². The van der Waals surface area contributed by atoms with E-state index >= 15 is 0 Å². The van der Waals surface area contributed by atoms with Gasteiger partial charge < -0.3 is 19.9 Å². The molecule has 84 valence electrons. The van der Waals surface area contributed by atoms with E-state index in [1.807, 2.05) is 12.3 Å². The maximum absolute atomic E-state index is 8.82. The van der Waals surface area contributed by atoms with Gasteiger partial charge in [0.15, 0.2) is 0 Å². The number of nitrogens with one attached hydrogen (secondary N) is 1. The molecule has 0 amide bonds. The van der Waals surface area contributed by atoms with Crippen LogP contribution in [-0.4, -0.2) is 32.3 Å². The number of methoxy groups -OCH3 is 2. The second kappa shape index (κ2) is 5.72. The van der Waals surface area contributed by atoms with Crippen LogP contribution in [0.5, 0.6) is 11.5 Å². The molecule has 0 bridgehead atoms. The molecule has 4 nitrogen and oxygen atoms in total. The Labute approximate surface area is 93.6 Å². The van der Waals surface area contributed by atoms with Crippen LogP contribution >= 0.6 is 11.8 Å². The van der Waals surface area contributed by atoms with E-state index < -0.39 is 0 Å². The maximum Gasteiger partial charge on any atom is 0.143 e. The fourth-order valence-corrected chi connectivity index (χ4v) is 1.82. The predicted molar refractivity (Wildman–Crippen MR) is 62.0 cm³/mol. The summed E-state index contributed by atoms with van der Waals surface area (Å²) in [4.78, 5) is 0.998. The van der Waals surface area contributed by atoms with Gasteiger partial charge in [-0.25, -0.2) is 0 Å². The smallest absolute Gasteiger partial charge is 0.143 e. The zero-order valence-corrected chi connectivity index (χ0v) is 9.85. The summed E-state index contributed by atoms with van der Waals surface area (Å²) in [6.45, 7) is -0.141. The number of ether oxygens (including phenoxy) is 2. The second-order valence-corrected chi connectivity index (χ2v) is 3.59. The molecular formula is C10H15NO3S. The van der Waals surface area contributed by atoms with Crippen molar-refractivity contribution < 1.29 is 14.6 Å². The highest BCUT2D eigenvalue weighted by atomic mass is 32.2. The van der Waals surface area contributed by atoms with Crippen LogP contribution in [0.3, 0.4) is 0 Å². The molecule has 1 aromatic rings. The largest absolute Gasteiger partial charge is 0.496 e. The Kier molecular flexibility index (Phi) is 4.58. The third-order valence-electron chi connectivity index (χ3n) is 1.98. The summed E-state index contributed by atoms with van der Waals surface area (Å²) < 4.78 is 10.4. The summed E-state index contributed by atoms with van der Waals surface area (Å²) in [5, 5.41) is 11.6. The Morgan fingerprint density at radius 1 is 1.27 bits per heavy atom. The Morgan fingerprint density at radius 3 is 2.40 bits per heavy atom. The molecule has 0 aliphatic heterocycles. The molecule has 0 heterocycles. The molecule has 0 aliphatic rings. The molecule has 0 fully saturated rings. The minimum atomic E-state index is -0.141. The number of thioether (sulfide) groups is 1. The molecule has 0 atom stereocenters. The van der Waals surface area contributed by atoms with Crippen molar-refractivity contribution in [3.8, 4) is 11.5 Å². The molecule has 0 aromatic heterocycles. The van der Waals surface area contributed by atoms with Crippen molar-refractivity contribution in [3.05, 3.63) is 12.1 Å². The number of benzene rings is 1. The topological polar surface area (TPSA) is 50.7 Å². The molecule has 5 heteroatoms. The van der Waals surface area contributed by atoms with Crippen LogP contribution in [0.2, 0.25) is 0 Å². The van der Waals surface area contributed by atoms with E-state index in [0.717, 1.165) is 16.3 Å². The van der Waals surface area contributed by atoms with Gasteiger partial charge in [-0.15, -0.1) is 11.8 Å². The van der Waals surface area contributed by atoms with Gasteiger partial charge in [-0.05, 0) is 12.3 Å². The van der Waals surface area contributed by atoms with Gasteiger partial charge in [0.05, 0.1) is 24.8 Å². The van der Waals surface area contributed by atoms with Crippen molar-refractivity contribution >= 4 is 17.4 Å². The van der Waals surface area contributed by atoms with Crippen molar-refractivity contribution in [1.82, 2.24) is 0 Å². The van der Waals surface area contributed by atoms with Crippen molar-refractivity contribution in [2.24, 2.45) is 0 Å². The minimum Gasteiger partial charge on any atom is -0.496 e. The number of aliphatic hydroxyl groups excluding tert-OH is 1. The van der Waals surface area contributed by atoms with Gasteiger partial charge in [-0.1, -0.05) is 0 Å². The first kappa shape index (κ1) is 12.0. The first-order valence-electron chi connectivity index (χ1n) is 4.41. The van der Waals surface area contributed by atoms with Crippen LogP contribution in [0.1, 0.15) is 0 Å². The average molecular weight is 229 g/mol. The van der Waals surface area contributed by atoms with Crippen molar-refractivity contribution in [2.45, 2.75) is 4.90 Å². The quantitative estimate of drug-likeness (QED) is 0.595. The van der Waals surface area contributed by atoms with E-state index in [4.69, 9.17) is 14.6 Å². The normalized spacial score (nSPS) is 9.87. The minimum absolute atomic E-state index is 0.141. The van der Waals surface area contributed by atoms with E-state index in [0.29, 0.717) is 5.75 Å². The number of anilines is 1. The fraction of sp³-hybridized carbons (Fsp3) is 0.400. The Morgan fingerprint density at radius 2 is 1.93 bits per heavy atom. The standard InChI is InChI=1S/C10H15NO3S/c1-13-8-5-10(15-3)9(14-2)4-7(8)11-6-12/h4-5,11-12H,6H2,1-3H3. The number of hydrogen-bond acceptors (Lipinski definition) is 5. The number of hydrogen-bond donors (Lipinski definition) is 2. The third kappa shape index (κ3) is 2.70. The average Bonchev–Trinajstić information content (AvgIpc) is 2.28. The van der Waals surface area contributed by atoms with Crippen molar-refractivity contribution in [3.63, 3.8) is 0 Å². The molecule has 1 aromatic carbocycles. The van der Waals surface area contributed by atoms with Gasteiger partial charge in [-0.2, -0.15) is 0 Å². The second-order valence-electron chi connectivity index (χ2n) is 2.74. The zero-order chi connectivity index (χ0) is 11.3. The monoisotopic (exact) mass is 229 g/mol. The van der Waals surface area contributed by atoms with E-state index in [1.165, 1.54) is 0 Å². The molecule has 0 saturated carbocycles. The molecule has 0 radical (unpaired) electrons. The highest BCUT2D eigenvalue weighted by Gasteiger charge is 2.09. The number of rotatable bonds is 5. The van der Waals surface area contributed by atoms with Crippen LogP contribution in [0.25, 0.3) is 0 Å². The lowest BCUT2D eigenvalue weighted by molar-refractivity contribution is 0.324. The lowest BCUT2D eigenvalue weighted by Gasteiger charge is -2.13. The van der Waals surface area contributed by atoms with Gasteiger partial charge in [0.25, 0.3) is 0 Å². The first-order chi connectivity index (χ1) is 7.26. The first-order valence-corrected chi connectivity index (χ1v) is 5.64. The van der Waals surface area contributed by atoms with Gasteiger partial charge >= 0.3 is 0 Å². The summed E-state index contributed by atoms with van der Waals surface area (Å²) in [5.41, 5.74) is 0.717. The maximum atomic E-state index is 8.82. The SMILES string of the molecule is COc1cc(SC)c(OC)cc1NCO. The molecule has 15 heavy (non-hydrogen) atoms. The molecular weight excluding hydrogens is 214 g/mol. The Hall–Kier alpha value is -1.07. The molecule has 0 aliphatic carbocycles. The van der Waals surface area contributed by atoms with Crippen molar-refractivity contribution in [1.29, 1.82) is 0 Å². The molecule has 1 rings (SSSR count). The van der Waals surface area contributed by atoms with Gasteiger partial charge in [0, 0.05) is 6.07 Å². The molecule has 0 unspecified atom stereocenters. The Bertz CT molecular complexity index is 331. The van der Waals surface area contributed by atoms with E-state index in [9.17, 15) is 0 Å². The Balaban J connectivity index is 3.15. The molecule has 0 saturated heterocycles. The van der Waals surface area contributed by atoms with Gasteiger partial charge in [-0.3, -0.25) is 0 Å². The van der Waals surface area contributed by atoms with Crippen LogP contribution in [0.4, 0.5) is 5.69 Å². The van der Waals surface area contributed by atoms with E-state index in [1.54, 1.807) is 32.0 Å². The molecule has 2 N–H and O–H groups in total. The fourth-order valence-electron chi connectivity index (χ4n) is 1.25. The third-order valence-corrected chi connectivity index (χ3v) is 2.73.